The number of aromatic nitrogens is 4. The lowest BCUT2D eigenvalue weighted by Gasteiger charge is -2.19. The summed E-state index contributed by atoms with van der Waals surface area (Å²) in [6.07, 6.45) is 2.70. The number of nitrogens with zero attached hydrogens (tertiary/aromatic N) is 4. The maximum atomic E-state index is 12.2. The lowest BCUT2D eigenvalue weighted by atomic mass is 9.96. The first-order valence-corrected chi connectivity index (χ1v) is 11.7. The molecule has 0 bridgehead atoms. The Morgan fingerprint density at radius 3 is 2.44 bits per heavy atom. The van der Waals surface area contributed by atoms with E-state index in [-0.39, 0.29) is 24.9 Å². The second kappa shape index (κ2) is 10.8. The van der Waals surface area contributed by atoms with Gasteiger partial charge in [-0.2, -0.15) is 0 Å². The van der Waals surface area contributed by atoms with Gasteiger partial charge in [0, 0.05) is 12.0 Å². The number of imidazole rings is 1. The van der Waals surface area contributed by atoms with Gasteiger partial charge in [-0.1, -0.05) is 20.8 Å². The predicted octanol–water partition coefficient (Wildman–Crippen LogP) is 1.78. The first kappa shape index (κ1) is 27.8. The van der Waals surface area contributed by atoms with Gasteiger partial charge in [0.1, 0.15) is 6.33 Å². The molecule has 14 nitrogen and oxygen atoms in total. The topological polar surface area (TPSA) is 184 Å². The number of rotatable bonds is 10. The van der Waals surface area contributed by atoms with Crippen LogP contribution in [0.25, 0.3) is 11.2 Å². The molecule has 0 aliphatic carbocycles. The van der Waals surface area contributed by atoms with Crippen molar-refractivity contribution >= 4 is 36.7 Å². The average molecular weight is 503 g/mol. The summed E-state index contributed by atoms with van der Waals surface area (Å²) < 4.78 is 32.0. The number of phosphoric ester groups is 1. The van der Waals surface area contributed by atoms with E-state index in [0.29, 0.717) is 11.2 Å². The molecule has 2 aromatic rings. The first-order valence-electron chi connectivity index (χ1n) is 10.2. The van der Waals surface area contributed by atoms with Crippen LogP contribution in [0.1, 0.15) is 41.5 Å². The van der Waals surface area contributed by atoms with Crippen molar-refractivity contribution in [1.82, 2.24) is 19.5 Å². The molecule has 0 aliphatic rings. The van der Waals surface area contributed by atoms with Gasteiger partial charge in [0.15, 0.2) is 17.0 Å². The zero-order chi connectivity index (χ0) is 25.7. The molecule has 2 aromatic heterocycles. The van der Waals surface area contributed by atoms with Crippen molar-refractivity contribution in [3.05, 3.63) is 12.7 Å². The predicted molar refractivity (Wildman–Crippen MR) is 118 cm³/mol. The van der Waals surface area contributed by atoms with Crippen molar-refractivity contribution in [3.8, 4) is 0 Å². The molecule has 2 heterocycles. The number of aliphatic hydroxyl groups is 1. The van der Waals surface area contributed by atoms with Crippen LogP contribution in [-0.2, 0) is 39.2 Å². The van der Waals surface area contributed by atoms with Crippen LogP contribution in [0.2, 0.25) is 0 Å². The molecule has 0 aromatic carbocycles. The van der Waals surface area contributed by atoms with Gasteiger partial charge in [-0.3, -0.25) is 9.59 Å². The summed E-state index contributed by atoms with van der Waals surface area (Å²) in [5, 5.41) is 12.4. The number of ether oxygens (including phenoxy) is 2. The molecule has 190 valence electrons. The van der Waals surface area contributed by atoms with E-state index in [0.717, 1.165) is 0 Å². The molecule has 15 heteroatoms. The minimum atomic E-state index is -4.76. The van der Waals surface area contributed by atoms with E-state index in [9.17, 15) is 24.2 Å². The third-order valence-electron chi connectivity index (χ3n) is 4.15. The van der Waals surface area contributed by atoms with Gasteiger partial charge >= 0.3 is 13.8 Å². The largest absolute Gasteiger partial charge is 0.479 e. The van der Waals surface area contributed by atoms with E-state index in [1.54, 1.807) is 46.1 Å². The van der Waals surface area contributed by atoms with Gasteiger partial charge < -0.3 is 29.4 Å². The monoisotopic (exact) mass is 503 g/mol. The summed E-state index contributed by atoms with van der Waals surface area (Å²) in [6.45, 7) is 7.10. The third kappa shape index (κ3) is 8.08. The van der Waals surface area contributed by atoms with E-state index < -0.39 is 37.9 Å². The van der Waals surface area contributed by atoms with Gasteiger partial charge in [-0.15, -0.1) is 0 Å². The molecule has 0 saturated heterocycles. The van der Waals surface area contributed by atoms with Gasteiger partial charge in [0.2, 0.25) is 12.7 Å². The van der Waals surface area contributed by atoms with Gasteiger partial charge in [-0.25, -0.2) is 28.6 Å². The summed E-state index contributed by atoms with van der Waals surface area (Å²) in [5.74, 6) is -0.644. The summed E-state index contributed by atoms with van der Waals surface area (Å²) in [6, 6.07) is 0. The van der Waals surface area contributed by atoms with Crippen LogP contribution in [0.3, 0.4) is 0 Å². The average Bonchev–Trinajstić information content (AvgIpc) is 3.10. The molecule has 2 atom stereocenters. The summed E-state index contributed by atoms with van der Waals surface area (Å²) in [4.78, 5) is 45.8. The number of hydrogen-bond donors (Lipinski definition) is 3. The molecular weight excluding hydrogens is 473 g/mol. The minimum Gasteiger partial charge on any atom is -0.437 e. The van der Waals surface area contributed by atoms with Crippen molar-refractivity contribution < 1.29 is 42.7 Å². The Labute approximate surface area is 196 Å². The number of esters is 1. The summed E-state index contributed by atoms with van der Waals surface area (Å²) in [5.41, 5.74) is -0.702. The summed E-state index contributed by atoms with van der Waals surface area (Å²) >= 11 is 0. The fourth-order valence-electron chi connectivity index (χ4n) is 2.22. The molecule has 34 heavy (non-hydrogen) atoms. The van der Waals surface area contributed by atoms with E-state index in [1.165, 1.54) is 12.7 Å². The van der Waals surface area contributed by atoms with Crippen LogP contribution in [0, 0.1) is 10.8 Å². The molecule has 2 rings (SSSR count). The van der Waals surface area contributed by atoms with Crippen LogP contribution >= 0.6 is 7.82 Å². The number of aliphatic hydroxyl groups excluding tert-OH is 1. The van der Waals surface area contributed by atoms with E-state index >= 15 is 0 Å². The quantitative estimate of drug-likeness (QED) is 0.243. The van der Waals surface area contributed by atoms with Crippen LogP contribution in [0.15, 0.2) is 12.7 Å². The highest BCUT2D eigenvalue weighted by Gasteiger charge is 2.29. The van der Waals surface area contributed by atoms with Crippen molar-refractivity contribution in [2.45, 2.75) is 54.6 Å². The Morgan fingerprint density at radius 1 is 1.15 bits per heavy atom. The van der Waals surface area contributed by atoms with Gasteiger partial charge in [0.05, 0.1) is 18.3 Å². The number of hydrogen-bond acceptors (Lipinski definition) is 11. The highest BCUT2D eigenvalue weighted by Crippen LogP contribution is 2.44. The van der Waals surface area contributed by atoms with Crippen LogP contribution in [0.4, 0.5) is 5.82 Å². The number of carbonyl (C=O) groups excluding carboxylic acids is 2. The number of carbonyl (C=O) groups is 2. The van der Waals surface area contributed by atoms with Gasteiger partial charge in [0.25, 0.3) is 6.48 Å². The molecule has 1 amide bonds. The Balaban J connectivity index is 1.87. The lowest BCUT2D eigenvalue weighted by Crippen LogP contribution is -2.28. The second-order valence-corrected chi connectivity index (χ2v) is 10.6. The Morgan fingerprint density at radius 2 is 1.82 bits per heavy atom. The van der Waals surface area contributed by atoms with Crippen LogP contribution < -0.4 is 5.32 Å². The molecule has 0 saturated carbocycles. The third-order valence-corrected chi connectivity index (χ3v) is 5.03. The Hall–Kier alpha value is -2.48. The minimum absolute atomic E-state index is 0.125. The van der Waals surface area contributed by atoms with Gasteiger partial charge in [-0.05, 0) is 20.8 Å². The number of anilines is 1. The molecule has 0 fully saturated rings. The molecular formula is C19H30N5O9P. The maximum absolute atomic E-state index is 12.2. The fraction of sp³-hybridized carbons (Fsp3) is 0.632. The second-order valence-electron chi connectivity index (χ2n) is 9.22. The van der Waals surface area contributed by atoms with Crippen molar-refractivity contribution in [3.63, 3.8) is 0 Å². The zero-order valence-electron chi connectivity index (χ0n) is 19.8. The molecule has 0 radical (unpaired) electrons. The SMILES string of the molecule is CC(C)(C)C(=O)Nc1ncnc2c1ncn2CCOC(O)OP(=O)(O)OCOC(=O)C(C)(C)C. The highest BCUT2D eigenvalue weighted by atomic mass is 31.2. The Kier molecular flexibility index (Phi) is 8.86. The van der Waals surface area contributed by atoms with Crippen molar-refractivity contribution in [2.24, 2.45) is 10.8 Å². The number of phosphoric acid groups is 1. The van der Waals surface area contributed by atoms with E-state index in [1.807, 2.05) is 0 Å². The van der Waals surface area contributed by atoms with Crippen molar-refractivity contribution in [2.75, 3.05) is 18.7 Å². The fourth-order valence-corrected chi connectivity index (χ4v) is 2.76. The highest BCUT2D eigenvalue weighted by molar-refractivity contribution is 7.47. The first-order chi connectivity index (χ1) is 15.6. The lowest BCUT2D eigenvalue weighted by molar-refractivity contribution is -0.227. The van der Waals surface area contributed by atoms with Crippen molar-refractivity contribution in [1.29, 1.82) is 0 Å². The van der Waals surface area contributed by atoms with E-state index in [4.69, 9.17) is 9.47 Å². The van der Waals surface area contributed by atoms with Crippen LogP contribution in [-0.4, -0.2) is 61.3 Å². The smallest absolute Gasteiger partial charge is 0.437 e. The molecule has 0 spiro atoms. The zero-order valence-corrected chi connectivity index (χ0v) is 20.7. The molecule has 0 aliphatic heterocycles. The Bertz CT molecular complexity index is 1060. The standard InChI is InChI=1S/C19H30N5O9P/c1-18(2,3)15(25)23-13-12-14(21-9-20-13)24(10-22-12)7-8-30-17(27)33-34(28,29)32-11-31-16(26)19(4,5)6/h9-10,17,27H,7-8,11H2,1-6H3,(H,28,29)(H,20,21,23,25). The number of nitrogens with one attached hydrogen (secondary N) is 1. The molecule has 3 N–H and O–H groups in total. The maximum Gasteiger partial charge on any atom is 0.479 e. The normalized spacial score (nSPS) is 15.1. The van der Waals surface area contributed by atoms with E-state index in [2.05, 4.69) is 29.3 Å². The number of fused-ring (bicyclic) bond motifs is 1. The summed E-state index contributed by atoms with van der Waals surface area (Å²) in [7, 11) is -4.76. The van der Waals surface area contributed by atoms with Crippen LogP contribution in [0.5, 0.6) is 0 Å². The molecule has 2 unspecified atom stereocenters. The number of amides is 1.